The Morgan fingerprint density at radius 1 is 1.24 bits per heavy atom. The molecule has 0 aliphatic carbocycles. The maximum absolute atomic E-state index is 12.9. The van der Waals surface area contributed by atoms with Gasteiger partial charge in [-0.05, 0) is 62.6 Å². The first-order valence-electron chi connectivity index (χ1n) is 10.8. The molecule has 1 aromatic heterocycles. The molecule has 2 heterocycles. The number of thiazole rings is 1. The summed E-state index contributed by atoms with van der Waals surface area (Å²) in [4.78, 5) is 25.2. The molecule has 0 bridgehead atoms. The molecule has 33 heavy (non-hydrogen) atoms. The Morgan fingerprint density at radius 2 is 2.03 bits per heavy atom. The van der Waals surface area contributed by atoms with E-state index in [4.69, 9.17) is 11.6 Å². The first-order chi connectivity index (χ1) is 15.6. The third kappa shape index (κ3) is 5.32. The van der Waals surface area contributed by atoms with Gasteiger partial charge in [0.1, 0.15) is 0 Å². The Hall–Kier alpha value is -2.20. The molecule has 0 unspecified atom stereocenters. The van der Waals surface area contributed by atoms with Gasteiger partial charge in [-0.15, -0.1) is 0 Å². The maximum atomic E-state index is 12.9. The topological polar surface area (TPSA) is 88.5 Å². The number of carbonyl (C=O) groups excluding carboxylic acids is 1. The number of hydrogen-bond donors (Lipinski definition) is 1. The molecule has 1 fully saturated rings. The van der Waals surface area contributed by atoms with Crippen LogP contribution in [0.5, 0.6) is 0 Å². The monoisotopic (exact) mass is 507 g/mol. The number of rotatable bonds is 6. The van der Waals surface area contributed by atoms with Gasteiger partial charge in [0.2, 0.25) is 15.9 Å². The van der Waals surface area contributed by atoms with Crippen molar-refractivity contribution in [1.82, 2.24) is 8.87 Å². The lowest BCUT2D eigenvalue weighted by Crippen LogP contribution is -2.44. The molecule has 1 aliphatic heterocycles. The minimum Gasteiger partial charge on any atom is -0.326 e. The largest absolute Gasteiger partial charge is 0.326 e. The van der Waals surface area contributed by atoms with E-state index in [2.05, 4.69) is 5.32 Å². The first-order valence-corrected chi connectivity index (χ1v) is 13.6. The van der Waals surface area contributed by atoms with Gasteiger partial charge < -0.3 is 5.32 Å². The lowest BCUT2D eigenvalue weighted by molar-refractivity contribution is -0.120. The summed E-state index contributed by atoms with van der Waals surface area (Å²) >= 11 is 7.13. The molecule has 1 atom stereocenters. The standard InChI is InChI=1S/C23H26ClN3O4S2/c1-15(2)27-20-9-8-19(12-21(20)32-23(27)29)25-22(28)17-6-4-10-26(13-17)33(30,31)14-16-5-3-7-18(24)11-16/h3,5,7-9,11-12,15,17H,4,6,10,13-14H2,1-2H3,(H,25,28)/t17-/m1/s1. The molecule has 7 nitrogen and oxygen atoms in total. The quantitative estimate of drug-likeness (QED) is 0.533. The number of nitrogens with zero attached hydrogens (tertiary/aromatic N) is 2. The van der Waals surface area contributed by atoms with Crippen molar-refractivity contribution in [3.8, 4) is 0 Å². The van der Waals surface area contributed by atoms with Gasteiger partial charge in [0.15, 0.2) is 0 Å². The Labute approximate surface area is 202 Å². The number of fused-ring (bicyclic) bond motifs is 1. The highest BCUT2D eigenvalue weighted by Crippen LogP contribution is 2.26. The molecule has 0 spiro atoms. The lowest BCUT2D eigenvalue weighted by atomic mass is 9.98. The number of aromatic nitrogens is 1. The van der Waals surface area contributed by atoms with Crippen LogP contribution in [0.1, 0.15) is 38.3 Å². The van der Waals surface area contributed by atoms with Crippen LogP contribution in [0.25, 0.3) is 10.2 Å². The molecule has 0 radical (unpaired) electrons. The van der Waals surface area contributed by atoms with Crippen LogP contribution in [0.2, 0.25) is 5.02 Å². The van der Waals surface area contributed by atoms with Crippen molar-refractivity contribution in [2.75, 3.05) is 18.4 Å². The van der Waals surface area contributed by atoms with Gasteiger partial charge in [0, 0.05) is 29.8 Å². The van der Waals surface area contributed by atoms with E-state index in [1.54, 1.807) is 41.0 Å². The number of nitrogens with one attached hydrogen (secondary N) is 1. The van der Waals surface area contributed by atoms with E-state index < -0.39 is 15.9 Å². The van der Waals surface area contributed by atoms with Crippen LogP contribution in [0.4, 0.5) is 5.69 Å². The third-order valence-corrected chi connectivity index (χ3v) is 8.75. The summed E-state index contributed by atoms with van der Waals surface area (Å²) in [6, 6.07) is 12.3. The number of halogens is 1. The summed E-state index contributed by atoms with van der Waals surface area (Å²) in [5.74, 6) is -0.806. The van der Waals surface area contributed by atoms with Crippen LogP contribution in [-0.4, -0.2) is 36.3 Å². The number of hydrogen-bond acceptors (Lipinski definition) is 5. The highest BCUT2D eigenvalue weighted by molar-refractivity contribution is 7.88. The van der Waals surface area contributed by atoms with Crippen molar-refractivity contribution in [2.45, 2.75) is 38.5 Å². The summed E-state index contributed by atoms with van der Waals surface area (Å²) in [6.45, 7) is 4.46. The molecule has 10 heteroatoms. The zero-order valence-electron chi connectivity index (χ0n) is 18.5. The molecule has 1 aliphatic rings. The van der Waals surface area contributed by atoms with Gasteiger partial charge in [-0.1, -0.05) is 35.1 Å². The molecule has 4 rings (SSSR count). The van der Waals surface area contributed by atoms with Crippen LogP contribution >= 0.6 is 22.9 Å². The van der Waals surface area contributed by atoms with Crippen LogP contribution in [0.3, 0.4) is 0 Å². The Balaban J connectivity index is 1.46. The predicted molar refractivity (Wildman–Crippen MR) is 133 cm³/mol. The van der Waals surface area contributed by atoms with E-state index in [1.165, 1.54) is 4.31 Å². The zero-order valence-corrected chi connectivity index (χ0v) is 20.8. The van der Waals surface area contributed by atoms with Crippen molar-refractivity contribution in [2.24, 2.45) is 5.92 Å². The third-order valence-electron chi connectivity index (χ3n) is 5.78. The molecule has 1 N–H and O–H groups in total. The summed E-state index contributed by atoms with van der Waals surface area (Å²) in [7, 11) is -3.57. The SMILES string of the molecule is CC(C)n1c(=O)sc2cc(NC(=O)[C@@H]3CCCN(S(=O)(=O)Cc4cccc(Cl)c4)C3)ccc21. The van der Waals surface area contributed by atoms with E-state index in [9.17, 15) is 18.0 Å². The van der Waals surface area contributed by atoms with Gasteiger partial charge in [-0.2, -0.15) is 0 Å². The molecule has 1 amide bonds. The first kappa shape index (κ1) is 23.9. The summed E-state index contributed by atoms with van der Waals surface area (Å²) in [6.07, 6.45) is 1.24. The number of sulfonamides is 1. The van der Waals surface area contributed by atoms with Gasteiger partial charge in [0.25, 0.3) is 0 Å². The summed E-state index contributed by atoms with van der Waals surface area (Å²) < 4.78 is 29.8. The Morgan fingerprint density at radius 3 is 2.76 bits per heavy atom. The van der Waals surface area contributed by atoms with Crippen molar-refractivity contribution in [3.05, 3.63) is 62.7 Å². The zero-order chi connectivity index (χ0) is 23.8. The number of anilines is 1. The fourth-order valence-electron chi connectivity index (χ4n) is 4.19. The molecule has 0 saturated carbocycles. The Kier molecular flexibility index (Phi) is 6.95. The molecular weight excluding hydrogens is 482 g/mol. The van der Waals surface area contributed by atoms with Crippen molar-refractivity contribution in [3.63, 3.8) is 0 Å². The fourth-order valence-corrected chi connectivity index (χ4v) is 7.05. The lowest BCUT2D eigenvalue weighted by Gasteiger charge is -2.31. The second kappa shape index (κ2) is 9.58. The van der Waals surface area contributed by atoms with Gasteiger partial charge in [-0.25, -0.2) is 12.7 Å². The van der Waals surface area contributed by atoms with Gasteiger partial charge in [0.05, 0.1) is 21.9 Å². The van der Waals surface area contributed by atoms with E-state index in [1.807, 2.05) is 19.9 Å². The summed E-state index contributed by atoms with van der Waals surface area (Å²) in [5.41, 5.74) is 2.06. The molecule has 3 aromatic rings. The van der Waals surface area contributed by atoms with Crippen LogP contribution in [0.15, 0.2) is 47.3 Å². The second-order valence-electron chi connectivity index (χ2n) is 8.59. The average molecular weight is 508 g/mol. The number of piperidine rings is 1. The molecule has 176 valence electrons. The normalized spacial score (nSPS) is 17.5. The average Bonchev–Trinajstić information content (AvgIpc) is 3.08. The van der Waals surface area contributed by atoms with Crippen LogP contribution in [0, 0.1) is 5.92 Å². The van der Waals surface area contributed by atoms with Gasteiger partial charge in [-0.3, -0.25) is 14.2 Å². The fraction of sp³-hybridized carbons (Fsp3) is 0.391. The highest BCUT2D eigenvalue weighted by atomic mass is 35.5. The number of benzene rings is 2. The van der Waals surface area contributed by atoms with Crippen LogP contribution in [-0.2, 0) is 20.6 Å². The highest BCUT2D eigenvalue weighted by Gasteiger charge is 2.32. The van der Waals surface area contributed by atoms with Crippen LogP contribution < -0.4 is 10.2 Å². The molecule has 1 saturated heterocycles. The summed E-state index contributed by atoms with van der Waals surface area (Å²) in [5, 5.41) is 3.40. The number of carbonyl (C=O) groups is 1. The van der Waals surface area contributed by atoms with Crippen molar-refractivity contribution >= 4 is 54.8 Å². The van der Waals surface area contributed by atoms with E-state index in [0.717, 1.165) is 21.6 Å². The van der Waals surface area contributed by atoms with Crippen molar-refractivity contribution in [1.29, 1.82) is 0 Å². The smallest absolute Gasteiger partial charge is 0.308 e. The van der Waals surface area contributed by atoms with Gasteiger partial charge >= 0.3 is 4.87 Å². The Bertz CT molecular complexity index is 1350. The number of amides is 1. The maximum Gasteiger partial charge on any atom is 0.308 e. The minimum atomic E-state index is -3.57. The van der Waals surface area contributed by atoms with Crippen molar-refractivity contribution < 1.29 is 13.2 Å². The molecule has 2 aromatic carbocycles. The second-order valence-corrected chi connectivity index (χ2v) is 12.0. The molecular formula is C23H26ClN3O4S2. The predicted octanol–water partition coefficient (Wildman–Crippen LogP) is 4.48. The van der Waals surface area contributed by atoms with E-state index in [0.29, 0.717) is 35.7 Å². The van der Waals surface area contributed by atoms with E-state index >= 15 is 0 Å². The van der Waals surface area contributed by atoms with E-state index in [-0.39, 0.29) is 29.1 Å². The minimum absolute atomic E-state index is 0.0312.